The summed E-state index contributed by atoms with van der Waals surface area (Å²) in [6.45, 7) is 1.17. The van der Waals surface area contributed by atoms with E-state index >= 15 is 0 Å². The summed E-state index contributed by atoms with van der Waals surface area (Å²) in [5, 5.41) is 4.41. The monoisotopic (exact) mass is 359 g/mol. The van der Waals surface area contributed by atoms with Crippen molar-refractivity contribution in [3.8, 4) is 22.9 Å². The van der Waals surface area contributed by atoms with E-state index in [4.69, 9.17) is 20.9 Å². The fraction of sp³-hybridized carbons (Fsp3) is 0.579. The van der Waals surface area contributed by atoms with Crippen molar-refractivity contribution in [1.82, 2.24) is 14.8 Å². The molecular formula is C19H29N5O2. The first-order valence-corrected chi connectivity index (χ1v) is 9.32. The third-order valence-corrected chi connectivity index (χ3v) is 5.23. The lowest BCUT2D eigenvalue weighted by Gasteiger charge is -2.21. The number of hydrogen-bond donors (Lipinski definition) is 2. The molecule has 1 saturated carbocycles. The van der Waals surface area contributed by atoms with Crippen LogP contribution in [0.5, 0.6) is 11.5 Å². The highest BCUT2D eigenvalue weighted by Crippen LogP contribution is 2.36. The Balaban J connectivity index is 1.91. The molecule has 1 aliphatic rings. The van der Waals surface area contributed by atoms with Crippen LogP contribution in [-0.4, -0.2) is 29.0 Å². The summed E-state index contributed by atoms with van der Waals surface area (Å²) < 4.78 is 12.9. The predicted molar refractivity (Wildman–Crippen MR) is 102 cm³/mol. The summed E-state index contributed by atoms with van der Waals surface area (Å²) in [7, 11) is 3.27. The molecule has 0 amide bonds. The van der Waals surface area contributed by atoms with E-state index in [1.54, 1.807) is 14.2 Å². The molecule has 0 saturated heterocycles. The van der Waals surface area contributed by atoms with Crippen molar-refractivity contribution in [2.75, 3.05) is 20.0 Å². The van der Waals surface area contributed by atoms with E-state index in [0.29, 0.717) is 23.9 Å². The quantitative estimate of drug-likeness (QED) is 0.788. The lowest BCUT2D eigenvalue weighted by Crippen LogP contribution is -2.12. The van der Waals surface area contributed by atoms with Crippen molar-refractivity contribution < 1.29 is 9.47 Å². The smallest absolute Gasteiger partial charge is 0.240 e. The molecule has 1 aromatic heterocycles. The van der Waals surface area contributed by atoms with Gasteiger partial charge in [0, 0.05) is 18.7 Å². The normalized spacial score (nSPS) is 15.2. The molecule has 3 rings (SSSR count). The molecule has 0 spiro atoms. The zero-order chi connectivity index (χ0) is 18.5. The summed E-state index contributed by atoms with van der Waals surface area (Å²) in [5.41, 5.74) is 13.4. The minimum absolute atomic E-state index is 0.271. The van der Waals surface area contributed by atoms with Crippen LogP contribution in [0.1, 0.15) is 44.1 Å². The molecule has 7 nitrogen and oxygen atoms in total. The standard InChI is InChI=1S/C19H29N5O2/c1-25-16-11-15(17(26-2)10-14(16)12-20)18-22-19(21)23-24(18)9-8-13-6-4-3-5-7-13/h10-11,13H,3-9,12,20H2,1-2H3,(H2,21,23). The minimum Gasteiger partial charge on any atom is -0.496 e. The zero-order valence-corrected chi connectivity index (χ0v) is 15.7. The van der Waals surface area contributed by atoms with Gasteiger partial charge in [0.15, 0.2) is 5.82 Å². The highest BCUT2D eigenvalue weighted by atomic mass is 16.5. The van der Waals surface area contributed by atoms with E-state index < -0.39 is 0 Å². The summed E-state index contributed by atoms with van der Waals surface area (Å²) in [5.74, 6) is 3.14. The second-order valence-electron chi connectivity index (χ2n) is 6.88. The Morgan fingerprint density at radius 2 is 1.85 bits per heavy atom. The van der Waals surface area contributed by atoms with Crippen LogP contribution in [0, 0.1) is 5.92 Å². The van der Waals surface area contributed by atoms with Gasteiger partial charge in [-0.1, -0.05) is 32.1 Å². The maximum atomic E-state index is 5.91. The summed E-state index contributed by atoms with van der Waals surface area (Å²) in [6.07, 6.45) is 7.74. The zero-order valence-electron chi connectivity index (χ0n) is 15.7. The SMILES string of the molecule is COc1cc(-c2nc(N)nn2CCC2CCCCC2)c(OC)cc1CN. The molecule has 142 valence electrons. The highest BCUT2D eigenvalue weighted by molar-refractivity contribution is 5.69. The summed E-state index contributed by atoms with van der Waals surface area (Å²) in [4.78, 5) is 4.45. The van der Waals surface area contributed by atoms with Crippen LogP contribution in [0.25, 0.3) is 11.4 Å². The first-order valence-electron chi connectivity index (χ1n) is 9.32. The lowest BCUT2D eigenvalue weighted by molar-refractivity contribution is 0.319. The van der Waals surface area contributed by atoms with Crippen molar-refractivity contribution in [2.45, 2.75) is 51.6 Å². The Morgan fingerprint density at radius 1 is 1.12 bits per heavy atom. The van der Waals surface area contributed by atoms with E-state index in [2.05, 4.69) is 10.1 Å². The van der Waals surface area contributed by atoms with E-state index in [-0.39, 0.29) is 5.95 Å². The Bertz CT molecular complexity index is 738. The number of anilines is 1. The second kappa shape index (κ2) is 8.40. The van der Waals surface area contributed by atoms with Gasteiger partial charge < -0.3 is 20.9 Å². The molecule has 0 aliphatic heterocycles. The lowest BCUT2D eigenvalue weighted by atomic mass is 9.87. The number of methoxy groups -OCH3 is 2. The van der Waals surface area contributed by atoms with E-state index in [1.807, 2.05) is 16.8 Å². The first kappa shape index (κ1) is 18.5. The van der Waals surface area contributed by atoms with Crippen LogP contribution in [0.15, 0.2) is 12.1 Å². The topological polar surface area (TPSA) is 101 Å². The van der Waals surface area contributed by atoms with E-state index in [9.17, 15) is 0 Å². The maximum absolute atomic E-state index is 5.91. The van der Waals surface area contributed by atoms with Gasteiger partial charge in [0.1, 0.15) is 11.5 Å². The van der Waals surface area contributed by atoms with Gasteiger partial charge in [-0.25, -0.2) is 4.68 Å². The van der Waals surface area contributed by atoms with Crippen LogP contribution < -0.4 is 20.9 Å². The Morgan fingerprint density at radius 3 is 2.50 bits per heavy atom. The van der Waals surface area contributed by atoms with Gasteiger partial charge in [-0.3, -0.25) is 0 Å². The van der Waals surface area contributed by atoms with Gasteiger partial charge in [0.2, 0.25) is 5.95 Å². The fourth-order valence-electron chi connectivity index (χ4n) is 3.79. The molecule has 0 unspecified atom stereocenters. The maximum Gasteiger partial charge on any atom is 0.240 e. The predicted octanol–water partition coefficient (Wildman–Crippen LogP) is 2.97. The molecule has 26 heavy (non-hydrogen) atoms. The van der Waals surface area contributed by atoms with Crippen LogP contribution in [0.3, 0.4) is 0 Å². The molecule has 4 N–H and O–H groups in total. The molecule has 2 aromatic rings. The largest absolute Gasteiger partial charge is 0.496 e. The van der Waals surface area contributed by atoms with E-state index in [1.165, 1.54) is 32.1 Å². The molecule has 0 radical (unpaired) electrons. The van der Waals surface area contributed by atoms with Gasteiger partial charge >= 0.3 is 0 Å². The first-order chi connectivity index (χ1) is 12.7. The van der Waals surface area contributed by atoms with Crippen molar-refractivity contribution in [1.29, 1.82) is 0 Å². The molecule has 1 heterocycles. The van der Waals surface area contributed by atoms with Crippen LogP contribution in [0.2, 0.25) is 0 Å². The van der Waals surface area contributed by atoms with Gasteiger partial charge in [-0.15, -0.1) is 5.10 Å². The number of benzene rings is 1. The molecule has 0 bridgehead atoms. The van der Waals surface area contributed by atoms with E-state index in [0.717, 1.165) is 30.0 Å². The second-order valence-corrected chi connectivity index (χ2v) is 6.88. The highest BCUT2D eigenvalue weighted by Gasteiger charge is 2.20. The molecule has 0 atom stereocenters. The van der Waals surface area contributed by atoms with Crippen molar-refractivity contribution in [3.05, 3.63) is 17.7 Å². The molecule has 1 fully saturated rings. The summed E-state index contributed by atoms with van der Waals surface area (Å²) in [6, 6.07) is 3.80. The third kappa shape index (κ3) is 3.93. The number of nitrogen functional groups attached to an aromatic ring is 1. The Kier molecular flexibility index (Phi) is 5.98. The van der Waals surface area contributed by atoms with Crippen molar-refractivity contribution in [3.63, 3.8) is 0 Å². The number of rotatable bonds is 7. The molecule has 1 aliphatic carbocycles. The van der Waals surface area contributed by atoms with Crippen LogP contribution in [-0.2, 0) is 13.1 Å². The van der Waals surface area contributed by atoms with Gasteiger partial charge in [-0.2, -0.15) is 4.98 Å². The van der Waals surface area contributed by atoms with Crippen LogP contribution in [0.4, 0.5) is 5.95 Å². The molecular weight excluding hydrogens is 330 g/mol. The number of aromatic nitrogens is 3. The number of ether oxygens (including phenoxy) is 2. The number of nitrogens with two attached hydrogens (primary N) is 2. The van der Waals surface area contributed by atoms with Gasteiger partial charge in [0.25, 0.3) is 0 Å². The number of aryl methyl sites for hydroxylation is 1. The third-order valence-electron chi connectivity index (χ3n) is 5.23. The van der Waals surface area contributed by atoms with Crippen molar-refractivity contribution in [2.24, 2.45) is 11.7 Å². The van der Waals surface area contributed by atoms with Gasteiger partial charge in [0.05, 0.1) is 19.8 Å². The number of hydrogen-bond acceptors (Lipinski definition) is 6. The van der Waals surface area contributed by atoms with Crippen LogP contribution >= 0.6 is 0 Å². The Labute approximate surface area is 154 Å². The average molecular weight is 359 g/mol. The Hall–Kier alpha value is -2.28. The van der Waals surface area contributed by atoms with Gasteiger partial charge in [-0.05, 0) is 24.5 Å². The average Bonchev–Trinajstić information content (AvgIpc) is 3.06. The number of nitrogens with zero attached hydrogens (tertiary/aromatic N) is 3. The fourth-order valence-corrected chi connectivity index (χ4v) is 3.79. The molecule has 7 heteroatoms. The van der Waals surface area contributed by atoms with Crippen molar-refractivity contribution >= 4 is 5.95 Å². The molecule has 1 aromatic carbocycles. The summed E-state index contributed by atoms with van der Waals surface area (Å²) >= 11 is 0. The minimum atomic E-state index is 0.271.